The number of aromatic nitrogens is 4. The van der Waals surface area contributed by atoms with Crippen molar-refractivity contribution >= 4 is 44.7 Å². The molecule has 1 atom stereocenters. The fourth-order valence-electron chi connectivity index (χ4n) is 4.82. The minimum Gasteiger partial charge on any atom is -0.493 e. The van der Waals surface area contributed by atoms with Gasteiger partial charge in [0.05, 0.1) is 36.2 Å². The van der Waals surface area contributed by atoms with Gasteiger partial charge in [0.1, 0.15) is 16.7 Å². The van der Waals surface area contributed by atoms with E-state index in [4.69, 9.17) is 19.4 Å². The summed E-state index contributed by atoms with van der Waals surface area (Å²) in [6.07, 6.45) is 2.98. The van der Waals surface area contributed by atoms with Crippen molar-refractivity contribution in [1.29, 1.82) is 0 Å². The molecule has 0 radical (unpaired) electrons. The van der Waals surface area contributed by atoms with Crippen LogP contribution in [-0.4, -0.2) is 45.5 Å². The van der Waals surface area contributed by atoms with Crippen molar-refractivity contribution in [3.63, 3.8) is 0 Å². The lowest BCUT2D eigenvalue weighted by molar-refractivity contribution is 0.0940. The standard InChI is InChI=1S/C28H31N5O4/c1-15(2)9-8-10-16(3)29-28(35)23-24-26(31-19-12-7-6-11-18(19)30-24)33-20-14-22(37-5)21(36-4)13-17(20)27(34)32-25(23)33/h6-7,11-16H,8-10H2,1-5H3,(H,29,35)(H,32,34). The number of nitrogens with zero attached hydrogens (tertiary/aromatic N) is 3. The highest BCUT2D eigenvalue weighted by Crippen LogP contribution is 2.34. The van der Waals surface area contributed by atoms with Crippen LogP contribution in [0.15, 0.2) is 41.2 Å². The molecule has 3 heterocycles. The number of aromatic amines is 1. The molecular formula is C28H31N5O4. The van der Waals surface area contributed by atoms with Gasteiger partial charge >= 0.3 is 0 Å². The number of nitrogens with one attached hydrogen (secondary N) is 2. The second kappa shape index (κ2) is 9.72. The molecule has 0 aliphatic carbocycles. The second-order valence-corrected chi connectivity index (χ2v) is 9.82. The zero-order valence-corrected chi connectivity index (χ0v) is 21.7. The molecule has 5 rings (SSSR count). The number of methoxy groups -OCH3 is 2. The number of rotatable bonds is 8. The molecule has 0 fully saturated rings. The predicted molar refractivity (Wildman–Crippen MR) is 145 cm³/mol. The van der Waals surface area contributed by atoms with Crippen LogP contribution in [0.25, 0.3) is 38.7 Å². The Balaban J connectivity index is 1.77. The van der Waals surface area contributed by atoms with Gasteiger partial charge in [-0.25, -0.2) is 9.97 Å². The van der Waals surface area contributed by atoms with E-state index < -0.39 is 0 Å². The quantitative estimate of drug-likeness (QED) is 0.315. The number of H-pyrrole nitrogens is 1. The van der Waals surface area contributed by atoms with Crippen LogP contribution in [0.5, 0.6) is 11.5 Å². The molecular weight excluding hydrogens is 470 g/mol. The van der Waals surface area contributed by atoms with Crippen LogP contribution in [0.2, 0.25) is 0 Å². The number of carbonyl (C=O) groups is 1. The van der Waals surface area contributed by atoms with Crippen LogP contribution < -0.4 is 20.3 Å². The Morgan fingerprint density at radius 3 is 2.38 bits per heavy atom. The molecule has 1 unspecified atom stereocenters. The summed E-state index contributed by atoms with van der Waals surface area (Å²) in [6.45, 7) is 6.38. The average Bonchev–Trinajstić information content (AvgIpc) is 3.19. The number of fused-ring (bicyclic) bond motifs is 6. The molecule has 1 amide bonds. The number of amides is 1. The monoisotopic (exact) mass is 501 g/mol. The van der Waals surface area contributed by atoms with Crippen molar-refractivity contribution in [3.05, 3.63) is 52.3 Å². The van der Waals surface area contributed by atoms with Gasteiger partial charge in [0.25, 0.3) is 11.5 Å². The van der Waals surface area contributed by atoms with E-state index in [0.29, 0.717) is 56.2 Å². The van der Waals surface area contributed by atoms with Gasteiger partial charge in [-0.1, -0.05) is 38.8 Å². The molecule has 192 valence electrons. The predicted octanol–water partition coefficient (Wildman–Crippen LogP) is 4.84. The van der Waals surface area contributed by atoms with Gasteiger partial charge in [-0.05, 0) is 37.5 Å². The molecule has 0 bridgehead atoms. The van der Waals surface area contributed by atoms with Gasteiger partial charge in [0.2, 0.25) is 0 Å². The molecule has 0 saturated heterocycles. The Morgan fingerprint density at radius 1 is 1.03 bits per heavy atom. The van der Waals surface area contributed by atoms with Gasteiger partial charge < -0.3 is 19.8 Å². The second-order valence-electron chi connectivity index (χ2n) is 9.82. The minimum absolute atomic E-state index is 0.0406. The summed E-state index contributed by atoms with van der Waals surface area (Å²) in [7, 11) is 3.05. The first-order valence-electron chi connectivity index (χ1n) is 12.5. The van der Waals surface area contributed by atoms with E-state index >= 15 is 0 Å². The lowest BCUT2D eigenvalue weighted by atomic mass is 10.0. The molecule has 2 N–H and O–H groups in total. The number of carbonyl (C=O) groups excluding carboxylic acids is 1. The van der Waals surface area contributed by atoms with E-state index in [-0.39, 0.29) is 23.1 Å². The molecule has 0 aliphatic rings. The maximum absolute atomic E-state index is 13.7. The van der Waals surface area contributed by atoms with E-state index in [9.17, 15) is 9.59 Å². The van der Waals surface area contributed by atoms with Crippen LogP contribution in [-0.2, 0) is 0 Å². The van der Waals surface area contributed by atoms with Crippen molar-refractivity contribution in [1.82, 2.24) is 24.7 Å². The van der Waals surface area contributed by atoms with Gasteiger partial charge in [0, 0.05) is 12.1 Å². The molecule has 0 spiro atoms. The van der Waals surface area contributed by atoms with Crippen LogP contribution in [0.4, 0.5) is 0 Å². The summed E-state index contributed by atoms with van der Waals surface area (Å²) in [4.78, 5) is 39.5. The highest BCUT2D eigenvalue weighted by Gasteiger charge is 2.25. The lowest BCUT2D eigenvalue weighted by Crippen LogP contribution is -2.33. The van der Waals surface area contributed by atoms with Crippen LogP contribution in [0, 0.1) is 5.92 Å². The van der Waals surface area contributed by atoms with Crippen molar-refractivity contribution in [2.75, 3.05) is 14.2 Å². The zero-order valence-electron chi connectivity index (χ0n) is 21.7. The number of ether oxygens (including phenoxy) is 2. The van der Waals surface area contributed by atoms with E-state index in [1.807, 2.05) is 31.2 Å². The van der Waals surface area contributed by atoms with Crippen LogP contribution in [0.3, 0.4) is 0 Å². The molecule has 9 heteroatoms. The highest BCUT2D eigenvalue weighted by molar-refractivity contribution is 6.13. The Hall–Kier alpha value is -4.14. The van der Waals surface area contributed by atoms with Crippen molar-refractivity contribution in [2.24, 2.45) is 5.92 Å². The Kier molecular flexibility index (Phi) is 6.45. The molecule has 0 aliphatic heterocycles. The van der Waals surface area contributed by atoms with Crippen molar-refractivity contribution in [2.45, 2.75) is 46.1 Å². The Labute approximate surface area is 213 Å². The number of hydrogen-bond donors (Lipinski definition) is 2. The lowest BCUT2D eigenvalue weighted by Gasteiger charge is -2.14. The molecule has 9 nitrogen and oxygen atoms in total. The summed E-state index contributed by atoms with van der Waals surface area (Å²) in [5.74, 6) is 1.20. The Morgan fingerprint density at radius 2 is 1.70 bits per heavy atom. The molecule has 2 aromatic carbocycles. The van der Waals surface area contributed by atoms with Crippen LogP contribution in [0.1, 0.15) is 50.4 Å². The van der Waals surface area contributed by atoms with Crippen molar-refractivity contribution in [3.8, 4) is 11.5 Å². The highest BCUT2D eigenvalue weighted by atomic mass is 16.5. The first-order valence-corrected chi connectivity index (χ1v) is 12.5. The largest absolute Gasteiger partial charge is 0.493 e. The topological polar surface area (TPSA) is 111 Å². The van der Waals surface area contributed by atoms with Gasteiger partial charge in [-0.2, -0.15) is 0 Å². The normalized spacial score (nSPS) is 12.6. The minimum atomic E-state index is -0.352. The molecule has 0 saturated carbocycles. The summed E-state index contributed by atoms with van der Waals surface area (Å²) in [5.41, 5.74) is 3.05. The summed E-state index contributed by atoms with van der Waals surface area (Å²) in [6, 6.07) is 10.8. The molecule has 37 heavy (non-hydrogen) atoms. The van der Waals surface area contributed by atoms with E-state index in [1.165, 1.54) is 14.2 Å². The number of hydrogen-bond acceptors (Lipinski definition) is 6. The number of benzene rings is 2. The fraction of sp³-hybridized carbons (Fsp3) is 0.357. The van der Waals surface area contributed by atoms with E-state index in [1.54, 1.807) is 16.5 Å². The van der Waals surface area contributed by atoms with Gasteiger partial charge in [-0.3, -0.25) is 14.0 Å². The fourth-order valence-corrected chi connectivity index (χ4v) is 4.82. The molecule has 5 aromatic rings. The third-order valence-electron chi connectivity index (χ3n) is 6.70. The van der Waals surface area contributed by atoms with Crippen molar-refractivity contribution < 1.29 is 14.3 Å². The maximum Gasteiger partial charge on any atom is 0.259 e. The smallest absolute Gasteiger partial charge is 0.259 e. The van der Waals surface area contributed by atoms with E-state index in [2.05, 4.69) is 24.1 Å². The summed E-state index contributed by atoms with van der Waals surface area (Å²) in [5, 5.41) is 3.49. The zero-order chi connectivity index (χ0) is 26.3. The van der Waals surface area contributed by atoms with Gasteiger partial charge in [0.15, 0.2) is 17.1 Å². The Bertz CT molecular complexity index is 1700. The molecule has 3 aromatic heterocycles. The average molecular weight is 502 g/mol. The maximum atomic E-state index is 13.7. The third kappa shape index (κ3) is 4.34. The van der Waals surface area contributed by atoms with E-state index in [0.717, 1.165) is 19.3 Å². The summed E-state index contributed by atoms with van der Waals surface area (Å²) < 4.78 is 12.7. The SMILES string of the molecule is COc1cc2c(=O)[nH]c3c(C(=O)NC(C)CCCC(C)C)c4nc5ccccc5nc4n3c2cc1OC. The third-order valence-corrected chi connectivity index (χ3v) is 6.70. The number of para-hydroxylation sites is 2. The van der Waals surface area contributed by atoms with Gasteiger partial charge in [-0.15, -0.1) is 0 Å². The first kappa shape index (κ1) is 24.5. The first-order chi connectivity index (χ1) is 17.8. The summed E-state index contributed by atoms with van der Waals surface area (Å²) >= 11 is 0. The van der Waals surface area contributed by atoms with Crippen LogP contribution >= 0.6 is 0 Å².